The van der Waals surface area contributed by atoms with Crippen LogP contribution < -0.4 is 5.73 Å². The van der Waals surface area contributed by atoms with Crippen LogP contribution in [0.4, 0.5) is 0 Å². The van der Waals surface area contributed by atoms with E-state index in [4.69, 9.17) is 15.9 Å². The van der Waals surface area contributed by atoms with Crippen molar-refractivity contribution in [2.45, 2.75) is 19.4 Å². The molecule has 5 heteroatoms. The van der Waals surface area contributed by atoms with E-state index in [0.717, 1.165) is 0 Å². The van der Waals surface area contributed by atoms with E-state index in [1.165, 1.54) is 6.92 Å². The maximum Gasteiger partial charge on any atom is 0.320 e. The molecule has 0 spiro atoms. The summed E-state index contributed by atoms with van der Waals surface area (Å²) in [6.45, 7) is 1.52. The first-order chi connectivity index (χ1) is 5.39. The van der Waals surface area contributed by atoms with Crippen molar-refractivity contribution in [2.24, 2.45) is 17.1 Å². The molecule has 0 bridgehead atoms. The van der Waals surface area contributed by atoms with Crippen molar-refractivity contribution in [3.05, 3.63) is 0 Å². The highest BCUT2D eigenvalue weighted by atomic mass is 16.4. The van der Waals surface area contributed by atoms with Gasteiger partial charge in [-0.25, -0.2) is 0 Å². The number of hydrogen-bond acceptors (Lipinski definition) is 3. The van der Waals surface area contributed by atoms with Crippen LogP contribution in [0.5, 0.6) is 0 Å². The molecule has 0 radical (unpaired) electrons. The monoisotopic (exact) mass is 173 g/mol. The molecule has 3 atom stereocenters. The summed E-state index contributed by atoms with van der Waals surface area (Å²) in [7, 11) is 0. The molecule has 68 valence electrons. The molecule has 0 aromatic carbocycles. The first-order valence-corrected chi connectivity index (χ1v) is 3.61. The summed E-state index contributed by atoms with van der Waals surface area (Å²) in [6.07, 6.45) is 0.357. The Hall–Kier alpha value is -1.10. The molecule has 12 heavy (non-hydrogen) atoms. The summed E-state index contributed by atoms with van der Waals surface area (Å²) in [4.78, 5) is 20.9. The van der Waals surface area contributed by atoms with Gasteiger partial charge in [0.2, 0.25) is 0 Å². The van der Waals surface area contributed by atoms with Gasteiger partial charge in [0.15, 0.2) is 0 Å². The molecule has 1 aliphatic rings. The Kier molecular flexibility index (Phi) is 1.83. The fourth-order valence-corrected chi connectivity index (χ4v) is 1.34. The van der Waals surface area contributed by atoms with Gasteiger partial charge in [-0.1, -0.05) is 0 Å². The van der Waals surface area contributed by atoms with Crippen LogP contribution in [0.3, 0.4) is 0 Å². The van der Waals surface area contributed by atoms with Crippen molar-refractivity contribution in [3.63, 3.8) is 0 Å². The van der Waals surface area contributed by atoms with Gasteiger partial charge in [-0.3, -0.25) is 9.59 Å². The highest BCUT2D eigenvalue weighted by Crippen LogP contribution is 2.53. The highest BCUT2D eigenvalue weighted by molar-refractivity contribution is 5.82. The van der Waals surface area contributed by atoms with Crippen LogP contribution in [-0.4, -0.2) is 28.2 Å². The number of carbonyl (C=O) groups is 2. The molecule has 0 aliphatic heterocycles. The largest absolute Gasteiger partial charge is 0.481 e. The van der Waals surface area contributed by atoms with Crippen molar-refractivity contribution in [1.82, 2.24) is 0 Å². The van der Waals surface area contributed by atoms with E-state index in [2.05, 4.69) is 0 Å². The highest BCUT2D eigenvalue weighted by Gasteiger charge is 2.60. The zero-order valence-corrected chi connectivity index (χ0v) is 6.65. The molecule has 5 nitrogen and oxygen atoms in total. The molecule has 0 heterocycles. The van der Waals surface area contributed by atoms with Crippen LogP contribution >= 0.6 is 0 Å². The molecule has 1 aliphatic carbocycles. The van der Waals surface area contributed by atoms with Crippen molar-refractivity contribution >= 4 is 11.9 Å². The van der Waals surface area contributed by atoms with Crippen LogP contribution in [0.25, 0.3) is 0 Å². The first-order valence-electron chi connectivity index (χ1n) is 3.61. The van der Waals surface area contributed by atoms with Gasteiger partial charge in [0, 0.05) is 5.92 Å². The van der Waals surface area contributed by atoms with Gasteiger partial charge in [0.05, 0.1) is 5.41 Å². The average molecular weight is 173 g/mol. The Balaban J connectivity index is 2.63. The summed E-state index contributed by atoms with van der Waals surface area (Å²) in [5.74, 6) is -2.53. The first kappa shape index (κ1) is 8.99. The standard InChI is InChI=1S/C7H11NO4/c1-7(6(11)12)2-3(7)4(8)5(9)10/h3-4H,2,8H2,1H3,(H,9,10)(H,11,12)/t3-,4?,7-/m0/s1. The smallest absolute Gasteiger partial charge is 0.320 e. The number of carboxylic acids is 2. The topological polar surface area (TPSA) is 101 Å². The van der Waals surface area contributed by atoms with E-state index in [-0.39, 0.29) is 0 Å². The maximum absolute atomic E-state index is 10.6. The van der Waals surface area contributed by atoms with Gasteiger partial charge in [-0.05, 0) is 13.3 Å². The minimum Gasteiger partial charge on any atom is -0.481 e. The third kappa shape index (κ3) is 1.16. The van der Waals surface area contributed by atoms with Gasteiger partial charge in [-0.2, -0.15) is 0 Å². The summed E-state index contributed by atoms with van der Waals surface area (Å²) in [6, 6.07) is -1.05. The quantitative estimate of drug-likeness (QED) is 0.534. The second-order valence-electron chi connectivity index (χ2n) is 3.40. The van der Waals surface area contributed by atoms with Crippen LogP contribution in [0.2, 0.25) is 0 Å². The fourth-order valence-electron chi connectivity index (χ4n) is 1.34. The molecular weight excluding hydrogens is 162 g/mol. The minimum atomic E-state index is -1.13. The summed E-state index contributed by atoms with van der Waals surface area (Å²) >= 11 is 0. The van der Waals surface area contributed by atoms with Crippen molar-refractivity contribution < 1.29 is 19.8 Å². The lowest BCUT2D eigenvalue weighted by Crippen LogP contribution is -2.35. The minimum absolute atomic E-state index is 0.357. The predicted molar refractivity (Wildman–Crippen MR) is 39.5 cm³/mol. The van der Waals surface area contributed by atoms with Crippen LogP contribution in [0.15, 0.2) is 0 Å². The number of rotatable bonds is 3. The Morgan fingerprint density at radius 1 is 1.58 bits per heavy atom. The zero-order valence-electron chi connectivity index (χ0n) is 6.65. The molecule has 0 saturated heterocycles. The van der Waals surface area contributed by atoms with Crippen molar-refractivity contribution in [1.29, 1.82) is 0 Å². The molecule has 1 unspecified atom stereocenters. The van der Waals surface area contributed by atoms with Gasteiger partial charge in [-0.15, -0.1) is 0 Å². The number of nitrogens with two attached hydrogens (primary N) is 1. The normalized spacial score (nSPS) is 35.7. The van der Waals surface area contributed by atoms with Gasteiger partial charge in [0.25, 0.3) is 0 Å². The van der Waals surface area contributed by atoms with Gasteiger partial charge in [0.1, 0.15) is 6.04 Å². The Bertz CT molecular complexity index is 240. The molecule has 1 saturated carbocycles. The summed E-state index contributed by atoms with van der Waals surface area (Å²) in [5, 5.41) is 17.2. The lowest BCUT2D eigenvalue weighted by molar-refractivity contribution is -0.144. The Morgan fingerprint density at radius 3 is 2.33 bits per heavy atom. The molecule has 4 N–H and O–H groups in total. The van der Waals surface area contributed by atoms with E-state index < -0.39 is 29.3 Å². The fraction of sp³-hybridized carbons (Fsp3) is 0.714. The Morgan fingerprint density at radius 2 is 2.08 bits per heavy atom. The molecule has 1 rings (SSSR count). The SMILES string of the molecule is C[C@]1(C(=O)O)C[C@H]1C(N)C(=O)O. The summed E-state index contributed by atoms with van der Waals surface area (Å²) in [5.41, 5.74) is 4.35. The van der Waals surface area contributed by atoms with Gasteiger partial charge >= 0.3 is 11.9 Å². The Labute approximate surface area is 69.2 Å². The second-order valence-corrected chi connectivity index (χ2v) is 3.40. The second kappa shape index (κ2) is 2.45. The van der Waals surface area contributed by atoms with Crippen LogP contribution in [-0.2, 0) is 9.59 Å². The number of carboxylic acid groups (broad SMARTS) is 2. The zero-order chi connectivity index (χ0) is 9.52. The molecule has 0 aromatic rings. The van der Waals surface area contributed by atoms with E-state index >= 15 is 0 Å². The lowest BCUT2D eigenvalue weighted by atomic mass is 10.0. The average Bonchev–Trinajstić information content (AvgIpc) is 2.62. The van der Waals surface area contributed by atoms with Crippen molar-refractivity contribution in [2.75, 3.05) is 0 Å². The third-order valence-electron chi connectivity index (χ3n) is 2.51. The lowest BCUT2D eigenvalue weighted by Gasteiger charge is -2.08. The molecule has 0 aromatic heterocycles. The number of hydrogen-bond donors (Lipinski definition) is 3. The number of aliphatic carboxylic acids is 2. The molecule has 0 amide bonds. The predicted octanol–water partition coefficient (Wildman–Crippen LogP) is -0.491. The maximum atomic E-state index is 10.6. The van der Waals surface area contributed by atoms with Crippen molar-refractivity contribution in [3.8, 4) is 0 Å². The van der Waals surface area contributed by atoms with Crippen LogP contribution in [0.1, 0.15) is 13.3 Å². The van der Waals surface area contributed by atoms with E-state index in [9.17, 15) is 9.59 Å². The molecule has 1 fully saturated rings. The molecular formula is C7H11NO4. The van der Waals surface area contributed by atoms with E-state index in [1.807, 2.05) is 0 Å². The van der Waals surface area contributed by atoms with E-state index in [1.54, 1.807) is 0 Å². The van der Waals surface area contributed by atoms with Gasteiger partial charge < -0.3 is 15.9 Å². The third-order valence-corrected chi connectivity index (χ3v) is 2.51. The van der Waals surface area contributed by atoms with E-state index in [0.29, 0.717) is 6.42 Å². The summed E-state index contributed by atoms with van der Waals surface area (Å²) < 4.78 is 0. The van der Waals surface area contributed by atoms with Crippen LogP contribution in [0, 0.1) is 11.3 Å².